The van der Waals surface area contributed by atoms with E-state index in [1.54, 1.807) is 62.4 Å². The van der Waals surface area contributed by atoms with E-state index in [1.165, 1.54) is 6.42 Å². The van der Waals surface area contributed by atoms with Crippen LogP contribution in [0.1, 0.15) is 60.2 Å². The first-order valence-corrected chi connectivity index (χ1v) is 10.7. The molecule has 1 saturated heterocycles. The number of rotatable bonds is 4. The minimum atomic E-state index is -0.336. The molecule has 0 radical (unpaired) electrons. The van der Waals surface area contributed by atoms with Crippen molar-refractivity contribution in [3.8, 4) is 0 Å². The molecule has 1 amide bonds. The SMILES string of the molecule is CCOC(=O)c1ccc(N)cc1.CCOC(=O)c1ccc([NH-])cc1.O=C1CCCCCN1.[Na+]. The molecule has 0 saturated carbocycles. The summed E-state index contributed by atoms with van der Waals surface area (Å²) in [6.07, 6.45) is 4.18. The molecule has 1 heterocycles. The van der Waals surface area contributed by atoms with Crippen LogP contribution in [-0.4, -0.2) is 37.6 Å². The van der Waals surface area contributed by atoms with E-state index in [9.17, 15) is 14.4 Å². The molecular formula is C24H32N3NaO5. The van der Waals surface area contributed by atoms with Crippen LogP contribution in [0.5, 0.6) is 0 Å². The fraction of sp³-hybridized carbons (Fsp3) is 0.375. The normalized spacial score (nSPS) is 12.1. The van der Waals surface area contributed by atoms with Gasteiger partial charge in [0.05, 0.1) is 24.3 Å². The van der Waals surface area contributed by atoms with Crippen molar-refractivity contribution in [1.82, 2.24) is 5.32 Å². The molecular weight excluding hydrogens is 433 g/mol. The zero-order chi connectivity index (χ0) is 23.8. The number of carbonyl (C=O) groups is 3. The zero-order valence-electron chi connectivity index (χ0n) is 19.7. The Balaban J connectivity index is 0.000000468. The standard InChI is InChI=1S/2C9H11NO2.C6H11NO.Na/c2*1-2-12-9(11)7-3-5-8(10)6-4-7;8-6-4-2-1-3-5-7-6;/h3-6H,2H2,1H3,(H2,10,11);3-6H,2,10H2,1H3;1-5H2,(H,7,8);/q;;;+1/p-1. The van der Waals surface area contributed by atoms with Crippen molar-refractivity contribution in [3.05, 3.63) is 65.4 Å². The fourth-order valence-corrected chi connectivity index (χ4v) is 2.56. The molecule has 2 aromatic carbocycles. The fourth-order valence-electron chi connectivity index (χ4n) is 2.56. The molecule has 0 spiro atoms. The molecule has 2 aromatic rings. The minimum Gasteiger partial charge on any atom is -0.699 e. The summed E-state index contributed by atoms with van der Waals surface area (Å²) in [6.45, 7) is 5.19. The Kier molecular flexibility index (Phi) is 16.6. The smallest absolute Gasteiger partial charge is 0.699 e. The van der Waals surface area contributed by atoms with Gasteiger partial charge in [-0.2, -0.15) is 0 Å². The average molecular weight is 466 g/mol. The number of amides is 1. The van der Waals surface area contributed by atoms with E-state index in [4.69, 9.17) is 20.9 Å². The molecule has 3 rings (SSSR count). The van der Waals surface area contributed by atoms with Crippen molar-refractivity contribution in [2.45, 2.75) is 39.5 Å². The number of esters is 2. The Hall–Kier alpha value is -2.55. The van der Waals surface area contributed by atoms with Crippen LogP contribution in [-0.2, 0) is 14.3 Å². The molecule has 1 fully saturated rings. The first kappa shape index (κ1) is 30.4. The summed E-state index contributed by atoms with van der Waals surface area (Å²) < 4.78 is 9.56. The number of hydrogen-bond acceptors (Lipinski definition) is 6. The second-order valence-electron chi connectivity index (χ2n) is 6.80. The quantitative estimate of drug-likeness (QED) is 0.401. The predicted octanol–water partition coefficient (Wildman–Crippen LogP) is 1.67. The van der Waals surface area contributed by atoms with Crippen molar-refractivity contribution in [2.24, 2.45) is 0 Å². The van der Waals surface area contributed by atoms with Gasteiger partial charge in [-0.25, -0.2) is 9.59 Å². The second kappa shape index (κ2) is 17.9. The second-order valence-corrected chi connectivity index (χ2v) is 6.80. The predicted molar refractivity (Wildman–Crippen MR) is 125 cm³/mol. The molecule has 174 valence electrons. The van der Waals surface area contributed by atoms with Crippen LogP contribution in [0.15, 0.2) is 48.5 Å². The number of hydrogen-bond donors (Lipinski definition) is 2. The van der Waals surface area contributed by atoms with E-state index in [0.29, 0.717) is 35.7 Å². The van der Waals surface area contributed by atoms with Gasteiger partial charge in [0.2, 0.25) is 5.91 Å². The van der Waals surface area contributed by atoms with Crippen molar-refractivity contribution < 1.29 is 53.4 Å². The van der Waals surface area contributed by atoms with Gasteiger partial charge in [0.25, 0.3) is 0 Å². The summed E-state index contributed by atoms with van der Waals surface area (Å²) in [5.41, 5.74) is 14.7. The van der Waals surface area contributed by atoms with Crippen molar-refractivity contribution >= 4 is 29.2 Å². The molecule has 0 unspecified atom stereocenters. The van der Waals surface area contributed by atoms with E-state index in [1.807, 2.05) is 0 Å². The van der Waals surface area contributed by atoms with Crippen LogP contribution in [0.3, 0.4) is 0 Å². The third-order valence-corrected chi connectivity index (χ3v) is 4.22. The topological polar surface area (TPSA) is 132 Å². The molecule has 0 aliphatic carbocycles. The van der Waals surface area contributed by atoms with Crippen molar-refractivity contribution in [1.29, 1.82) is 0 Å². The summed E-state index contributed by atoms with van der Waals surface area (Å²) in [7, 11) is 0. The van der Waals surface area contributed by atoms with Gasteiger partial charge in [0.1, 0.15) is 0 Å². The van der Waals surface area contributed by atoms with Gasteiger partial charge in [-0.1, -0.05) is 18.6 Å². The number of nitrogens with two attached hydrogens (primary N) is 1. The van der Waals surface area contributed by atoms with E-state index < -0.39 is 0 Å². The van der Waals surface area contributed by atoms with Crippen LogP contribution in [0.4, 0.5) is 11.4 Å². The number of benzene rings is 2. The van der Waals surface area contributed by atoms with E-state index >= 15 is 0 Å². The Morgan fingerprint density at radius 1 is 0.879 bits per heavy atom. The van der Waals surface area contributed by atoms with Crippen LogP contribution < -0.4 is 40.6 Å². The maximum atomic E-state index is 11.1. The van der Waals surface area contributed by atoms with Gasteiger partial charge in [0, 0.05) is 18.7 Å². The first-order chi connectivity index (χ1) is 15.4. The zero-order valence-corrected chi connectivity index (χ0v) is 21.7. The monoisotopic (exact) mass is 465 g/mol. The Morgan fingerprint density at radius 2 is 1.36 bits per heavy atom. The van der Waals surface area contributed by atoms with Gasteiger partial charge in [-0.15, -0.1) is 5.69 Å². The van der Waals surface area contributed by atoms with Crippen molar-refractivity contribution in [2.75, 3.05) is 25.5 Å². The third kappa shape index (κ3) is 13.6. The van der Waals surface area contributed by atoms with E-state index in [-0.39, 0.29) is 47.4 Å². The molecule has 33 heavy (non-hydrogen) atoms. The largest absolute Gasteiger partial charge is 1.00 e. The van der Waals surface area contributed by atoms with Gasteiger partial charge in [-0.05, 0) is 63.1 Å². The number of ether oxygens (including phenoxy) is 2. The molecule has 0 bridgehead atoms. The maximum absolute atomic E-state index is 11.1. The van der Waals surface area contributed by atoms with Gasteiger partial charge < -0.3 is 26.3 Å². The molecule has 0 aromatic heterocycles. The average Bonchev–Trinajstić information content (AvgIpc) is 3.03. The Bertz CT molecular complexity index is 773. The molecule has 9 heteroatoms. The number of nitrogen functional groups attached to an aromatic ring is 1. The van der Waals surface area contributed by atoms with Crippen LogP contribution >= 0.6 is 0 Å². The molecule has 4 N–H and O–H groups in total. The number of anilines is 1. The molecule has 1 aliphatic rings. The summed E-state index contributed by atoms with van der Waals surface area (Å²) in [5, 5.41) is 2.81. The summed E-state index contributed by atoms with van der Waals surface area (Å²) in [6, 6.07) is 12.9. The first-order valence-electron chi connectivity index (χ1n) is 10.7. The van der Waals surface area contributed by atoms with Gasteiger partial charge >= 0.3 is 41.5 Å². The van der Waals surface area contributed by atoms with Crippen LogP contribution in [0.2, 0.25) is 0 Å². The Morgan fingerprint density at radius 3 is 1.85 bits per heavy atom. The molecule has 8 nitrogen and oxygen atoms in total. The summed E-state index contributed by atoms with van der Waals surface area (Å²) >= 11 is 0. The maximum Gasteiger partial charge on any atom is 1.00 e. The molecule has 1 aliphatic heterocycles. The van der Waals surface area contributed by atoms with Gasteiger partial charge in [-0.3, -0.25) is 4.79 Å². The van der Waals surface area contributed by atoms with Gasteiger partial charge in [0.15, 0.2) is 0 Å². The minimum absolute atomic E-state index is 0. The third-order valence-electron chi connectivity index (χ3n) is 4.22. The molecule has 0 atom stereocenters. The summed E-state index contributed by atoms with van der Waals surface area (Å²) in [4.78, 5) is 32.7. The van der Waals surface area contributed by atoms with Crippen LogP contribution in [0.25, 0.3) is 5.73 Å². The van der Waals surface area contributed by atoms with Crippen LogP contribution in [0, 0.1) is 0 Å². The Labute approximate surface area is 217 Å². The van der Waals surface area contributed by atoms with Crippen molar-refractivity contribution in [3.63, 3.8) is 0 Å². The van der Waals surface area contributed by atoms with E-state index in [2.05, 4.69) is 5.32 Å². The number of carbonyl (C=O) groups excluding carboxylic acids is 3. The van der Waals surface area contributed by atoms with E-state index in [0.717, 1.165) is 25.8 Å². The number of nitrogens with one attached hydrogen (secondary N) is 2. The summed E-state index contributed by atoms with van der Waals surface area (Å²) in [5.74, 6) is -0.419.